The van der Waals surface area contributed by atoms with Crippen LogP contribution in [-0.2, 0) is 22.4 Å². The van der Waals surface area contributed by atoms with E-state index in [-0.39, 0.29) is 23.7 Å². The average molecular weight is 587 g/mol. The van der Waals surface area contributed by atoms with Gasteiger partial charge in [0.1, 0.15) is 23.0 Å². The van der Waals surface area contributed by atoms with E-state index in [1.54, 1.807) is 24.3 Å². The lowest BCUT2D eigenvalue weighted by Crippen LogP contribution is -2.11. The van der Waals surface area contributed by atoms with Crippen LogP contribution in [0.3, 0.4) is 0 Å². The third-order valence-corrected chi connectivity index (χ3v) is 6.63. The summed E-state index contributed by atoms with van der Waals surface area (Å²) >= 11 is 0. The number of carbonyl (C=O) groups is 3. The van der Waals surface area contributed by atoms with Gasteiger partial charge in [-0.2, -0.15) is 0 Å². The molecule has 0 saturated heterocycles. The number of hydrogen-bond donors (Lipinski definition) is 2. The Morgan fingerprint density at radius 2 is 1.19 bits per heavy atom. The van der Waals surface area contributed by atoms with E-state index in [4.69, 9.17) is 24.1 Å². The molecular weight excluding hydrogens is 540 g/mol. The molecule has 2 N–H and O–H groups in total. The molecule has 0 radical (unpaired) electrons. The fourth-order valence-electron chi connectivity index (χ4n) is 4.54. The molecule has 9 heteroatoms. The summed E-state index contributed by atoms with van der Waals surface area (Å²) in [6.07, 6.45) is 5.52. The second kappa shape index (κ2) is 18.8. The molecule has 0 spiro atoms. The number of hydrogen-bond acceptors (Lipinski definition) is 8. The highest BCUT2D eigenvalue weighted by molar-refractivity contribution is 5.98. The van der Waals surface area contributed by atoms with Crippen molar-refractivity contribution in [3.8, 4) is 23.0 Å². The van der Waals surface area contributed by atoms with E-state index in [1.807, 2.05) is 13.8 Å². The molecule has 0 unspecified atom stereocenters. The number of carboxylic acid groups (broad SMARTS) is 1. The molecule has 0 aliphatic heterocycles. The maximum Gasteiger partial charge on any atom is 0.303 e. The van der Waals surface area contributed by atoms with Crippen LogP contribution < -0.4 is 14.2 Å². The number of ketones is 2. The number of benzene rings is 2. The first-order valence-electron chi connectivity index (χ1n) is 14.9. The maximum absolute atomic E-state index is 12.3. The minimum atomic E-state index is -0.820. The van der Waals surface area contributed by atoms with Gasteiger partial charge in [0.2, 0.25) is 0 Å². The molecule has 0 aliphatic carbocycles. The van der Waals surface area contributed by atoms with E-state index in [9.17, 15) is 19.5 Å². The van der Waals surface area contributed by atoms with Gasteiger partial charge in [0, 0.05) is 43.6 Å². The lowest BCUT2D eigenvalue weighted by atomic mass is 10.0. The molecule has 0 aliphatic rings. The largest absolute Gasteiger partial charge is 0.507 e. The zero-order valence-corrected chi connectivity index (χ0v) is 25.5. The van der Waals surface area contributed by atoms with Gasteiger partial charge in [-0.3, -0.25) is 14.4 Å². The van der Waals surface area contributed by atoms with Crippen LogP contribution in [0.1, 0.15) is 104 Å². The summed E-state index contributed by atoms with van der Waals surface area (Å²) in [7, 11) is 0. The summed E-state index contributed by atoms with van der Waals surface area (Å²) in [5.41, 5.74) is 2.33. The molecule has 0 heterocycles. The Bertz CT molecular complexity index is 1170. The Morgan fingerprint density at radius 1 is 0.667 bits per heavy atom. The molecule has 42 heavy (non-hydrogen) atoms. The highest BCUT2D eigenvalue weighted by atomic mass is 16.5. The first-order valence-corrected chi connectivity index (χ1v) is 14.9. The summed E-state index contributed by atoms with van der Waals surface area (Å²) in [5, 5.41) is 19.3. The summed E-state index contributed by atoms with van der Waals surface area (Å²) < 4.78 is 23.7. The predicted octanol–water partition coefficient (Wildman–Crippen LogP) is 6.59. The Kier molecular flexibility index (Phi) is 15.5. The van der Waals surface area contributed by atoms with Crippen molar-refractivity contribution in [1.29, 1.82) is 0 Å². The van der Waals surface area contributed by atoms with Crippen molar-refractivity contribution in [2.45, 2.75) is 85.5 Å². The summed E-state index contributed by atoms with van der Waals surface area (Å²) in [6, 6.07) is 6.85. The number of ether oxygens (including phenoxy) is 4. The third-order valence-electron chi connectivity index (χ3n) is 6.63. The zero-order chi connectivity index (χ0) is 30.9. The van der Waals surface area contributed by atoms with Gasteiger partial charge in [-0.15, -0.1) is 0 Å². The Hall–Kier alpha value is -3.59. The standard InChI is InChI=1S/C33H46O9/c1-5-11-27-29(16-14-25(23(3)34)32(27)38)41-21-9-18-39-19-10-22-42-33-26(24(4)35)15-17-30(28(33)12-6-2)40-20-8-7-13-31(36)37/h14-17,38H,5-13,18-22H2,1-4H3,(H,36,37). The number of phenols is 1. The lowest BCUT2D eigenvalue weighted by molar-refractivity contribution is -0.137. The molecule has 0 saturated carbocycles. The van der Waals surface area contributed by atoms with Crippen molar-refractivity contribution in [3.63, 3.8) is 0 Å². The second-order valence-electron chi connectivity index (χ2n) is 10.2. The highest BCUT2D eigenvalue weighted by Crippen LogP contribution is 2.35. The SMILES string of the molecule is CCCc1c(OCCCOCCCOc2c(C(C)=O)ccc(OCCCCC(=O)O)c2CCC)ccc(C(C)=O)c1O. The number of carboxylic acids is 1. The van der Waals surface area contributed by atoms with Crippen molar-refractivity contribution in [2.75, 3.05) is 33.0 Å². The lowest BCUT2D eigenvalue weighted by Gasteiger charge is -2.19. The fourth-order valence-corrected chi connectivity index (χ4v) is 4.54. The van der Waals surface area contributed by atoms with E-state index in [2.05, 4.69) is 0 Å². The van der Waals surface area contributed by atoms with Crippen LogP contribution >= 0.6 is 0 Å². The molecule has 0 amide bonds. The highest BCUT2D eigenvalue weighted by Gasteiger charge is 2.19. The van der Waals surface area contributed by atoms with Crippen molar-refractivity contribution in [2.24, 2.45) is 0 Å². The van der Waals surface area contributed by atoms with E-state index >= 15 is 0 Å². The average Bonchev–Trinajstić information content (AvgIpc) is 2.94. The van der Waals surface area contributed by atoms with Crippen LogP contribution in [0.5, 0.6) is 23.0 Å². The van der Waals surface area contributed by atoms with Crippen LogP contribution in [0, 0.1) is 0 Å². The van der Waals surface area contributed by atoms with Gasteiger partial charge in [0.25, 0.3) is 0 Å². The number of rotatable bonds is 22. The topological polar surface area (TPSA) is 129 Å². The van der Waals surface area contributed by atoms with Crippen LogP contribution in [0.4, 0.5) is 0 Å². The predicted molar refractivity (Wildman–Crippen MR) is 161 cm³/mol. The number of phenolic OH excluding ortho intramolecular Hbond substituents is 1. The van der Waals surface area contributed by atoms with Crippen molar-refractivity contribution >= 4 is 17.5 Å². The molecule has 2 aromatic carbocycles. The molecule has 0 aromatic heterocycles. The van der Waals surface area contributed by atoms with E-state index in [1.165, 1.54) is 13.8 Å². The normalized spacial score (nSPS) is 10.9. The summed E-state index contributed by atoms with van der Waals surface area (Å²) in [6.45, 7) is 9.15. The molecule has 0 bridgehead atoms. The first-order chi connectivity index (χ1) is 20.2. The van der Waals surface area contributed by atoms with Crippen molar-refractivity contribution in [3.05, 3.63) is 46.5 Å². The molecule has 2 aromatic rings. The van der Waals surface area contributed by atoms with Crippen LogP contribution in [0.15, 0.2) is 24.3 Å². The Balaban J connectivity index is 1.84. The number of Topliss-reactive ketones (excluding diaryl/α,β-unsaturated/α-hetero) is 2. The van der Waals surface area contributed by atoms with E-state index in [0.717, 1.165) is 18.4 Å². The van der Waals surface area contributed by atoms with Gasteiger partial charge in [0.05, 0.1) is 30.9 Å². The third kappa shape index (κ3) is 11.0. The van der Waals surface area contributed by atoms with Crippen molar-refractivity contribution < 1.29 is 43.5 Å². The number of unbranched alkanes of at least 4 members (excludes halogenated alkanes) is 1. The second-order valence-corrected chi connectivity index (χ2v) is 10.2. The van der Waals surface area contributed by atoms with Gasteiger partial charge < -0.3 is 29.2 Å². The minimum absolute atomic E-state index is 0.000892. The van der Waals surface area contributed by atoms with Gasteiger partial charge in [-0.05, 0) is 63.8 Å². The molecule has 232 valence electrons. The van der Waals surface area contributed by atoms with E-state index in [0.29, 0.717) is 105 Å². The molecule has 0 fully saturated rings. The van der Waals surface area contributed by atoms with Crippen LogP contribution in [0.25, 0.3) is 0 Å². The van der Waals surface area contributed by atoms with Gasteiger partial charge >= 0.3 is 5.97 Å². The smallest absolute Gasteiger partial charge is 0.303 e. The van der Waals surface area contributed by atoms with Gasteiger partial charge in [0.15, 0.2) is 11.6 Å². The first kappa shape index (κ1) is 34.6. The quantitative estimate of drug-likeness (QED) is 0.116. The van der Waals surface area contributed by atoms with Gasteiger partial charge in [-0.25, -0.2) is 0 Å². The fraction of sp³-hybridized carbons (Fsp3) is 0.545. The Morgan fingerprint density at radius 3 is 1.76 bits per heavy atom. The zero-order valence-electron chi connectivity index (χ0n) is 25.5. The van der Waals surface area contributed by atoms with Crippen molar-refractivity contribution in [1.82, 2.24) is 0 Å². The van der Waals surface area contributed by atoms with E-state index < -0.39 is 5.97 Å². The molecule has 9 nitrogen and oxygen atoms in total. The number of aromatic hydroxyl groups is 1. The minimum Gasteiger partial charge on any atom is -0.507 e. The summed E-state index contributed by atoms with van der Waals surface area (Å²) in [5.74, 6) is 0.707. The number of aliphatic carboxylic acids is 1. The van der Waals surface area contributed by atoms with Crippen LogP contribution in [0.2, 0.25) is 0 Å². The number of carbonyl (C=O) groups excluding carboxylic acids is 2. The summed E-state index contributed by atoms with van der Waals surface area (Å²) in [4.78, 5) is 34.8. The molecule has 2 rings (SSSR count). The molecule has 0 atom stereocenters. The van der Waals surface area contributed by atoms with Gasteiger partial charge in [-0.1, -0.05) is 26.7 Å². The maximum atomic E-state index is 12.3. The monoisotopic (exact) mass is 586 g/mol. The van der Waals surface area contributed by atoms with Crippen LogP contribution in [-0.4, -0.2) is 60.8 Å². The Labute approximate surface area is 249 Å². The molecular formula is C33H46O9.